The average molecular weight is 195 g/mol. The van der Waals surface area contributed by atoms with E-state index in [9.17, 15) is 13.9 Å². The van der Waals surface area contributed by atoms with E-state index in [-0.39, 0.29) is 13.0 Å². The fraction of sp³-hybridized carbons (Fsp3) is 1.00. The summed E-state index contributed by atoms with van der Waals surface area (Å²) in [7, 11) is 1.73. The molecule has 1 atom stereocenters. The maximum Gasteiger partial charge on any atom is 0.278 e. The van der Waals surface area contributed by atoms with Crippen molar-refractivity contribution in [3.63, 3.8) is 0 Å². The van der Waals surface area contributed by atoms with E-state index in [1.54, 1.807) is 11.9 Å². The highest BCUT2D eigenvalue weighted by Gasteiger charge is 2.51. The van der Waals surface area contributed by atoms with Gasteiger partial charge in [0, 0.05) is 19.5 Å². The normalized spacial score (nSPS) is 33.5. The fourth-order valence-corrected chi connectivity index (χ4v) is 1.32. The number of hydrogen-bond acceptors (Lipinski definition) is 2. The fourth-order valence-electron chi connectivity index (χ4n) is 1.32. The highest BCUT2D eigenvalue weighted by molar-refractivity contribution is 4.95. The second-order valence-electron chi connectivity index (χ2n) is 3.47. The van der Waals surface area contributed by atoms with Gasteiger partial charge in [-0.15, -0.1) is 0 Å². The summed E-state index contributed by atoms with van der Waals surface area (Å²) in [5.74, 6) is -2.93. The van der Waals surface area contributed by atoms with E-state index >= 15 is 0 Å². The maximum absolute atomic E-state index is 12.9. The van der Waals surface area contributed by atoms with Crippen LogP contribution in [0.1, 0.15) is 27.2 Å². The quantitative estimate of drug-likeness (QED) is 0.636. The maximum atomic E-state index is 12.9. The summed E-state index contributed by atoms with van der Waals surface area (Å²) in [5.41, 5.74) is -1.86. The molecule has 0 aromatic rings. The molecule has 1 aliphatic rings. The number of nitrogens with zero attached hydrogens (tertiary/aromatic N) is 1. The first-order valence-corrected chi connectivity index (χ1v) is 4.64. The van der Waals surface area contributed by atoms with Crippen LogP contribution in [0, 0.1) is 0 Å². The highest BCUT2D eigenvalue weighted by atomic mass is 19.3. The first-order chi connectivity index (χ1) is 5.85. The monoisotopic (exact) mass is 195 g/mol. The van der Waals surface area contributed by atoms with Crippen LogP contribution in [0.4, 0.5) is 8.78 Å². The molecule has 1 N–H and O–H groups in total. The van der Waals surface area contributed by atoms with Gasteiger partial charge < -0.3 is 10.0 Å². The number of hydrogen-bond donors (Lipinski definition) is 1. The summed E-state index contributed by atoms with van der Waals surface area (Å²) in [6.07, 6.45) is -0.253. The van der Waals surface area contributed by atoms with Gasteiger partial charge in [-0.3, -0.25) is 0 Å². The van der Waals surface area contributed by atoms with E-state index in [1.807, 2.05) is 13.8 Å². The van der Waals surface area contributed by atoms with Crippen molar-refractivity contribution >= 4 is 0 Å². The first kappa shape index (κ1) is 12.8. The van der Waals surface area contributed by atoms with Crippen LogP contribution >= 0.6 is 0 Å². The Morgan fingerprint density at radius 1 is 1.31 bits per heavy atom. The predicted molar refractivity (Wildman–Crippen MR) is 49.0 cm³/mol. The van der Waals surface area contributed by atoms with E-state index in [0.717, 1.165) is 0 Å². The van der Waals surface area contributed by atoms with Crippen molar-refractivity contribution in [1.82, 2.24) is 4.90 Å². The second-order valence-corrected chi connectivity index (χ2v) is 3.47. The summed E-state index contributed by atoms with van der Waals surface area (Å²) in [6, 6.07) is 0. The van der Waals surface area contributed by atoms with Crippen LogP contribution in [0.3, 0.4) is 0 Å². The zero-order valence-electron chi connectivity index (χ0n) is 8.77. The third-order valence-corrected chi connectivity index (χ3v) is 2.17. The van der Waals surface area contributed by atoms with E-state index in [4.69, 9.17) is 0 Å². The van der Waals surface area contributed by atoms with Crippen LogP contribution in [0.15, 0.2) is 0 Å². The molecule has 1 rings (SSSR count). The Morgan fingerprint density at radius 2 is 1.77 bits per heavy atom. The van der Waals surface area contributed by atoms with Gasteiger partial charge in [-0.1, -0.05) is 13.8 Å². The molecular formula is C9H19F2NO. The molecule has 0 aliphatic carbocycles. The Kier molecular flexibility index (Phi) is 4.26. The van der Waals surface area contributed by atoms with E-state index < -0.39 is 11.5 Å². The van der Waals surface area contributed by atoms with E-state index in [2.05, 4.69) is 0 Å². The summed E-state index contributed by atoms with van der Waals surface area (Å²) >= 11 is 0. The first-order valence-electron chi connectivity index (χ1n) is 4.64. The Hall–Kier alpha value is -0.220. The minimum absolute atomic E-state index is 0.0417. The minimum atomic E-state index is -2.93. The minimum Gasteiger partial charge on any atom is -0.383 e. The topological polar surface area (TPSA) is 23.5 Å². The molecule has 0 amide bonds. The van der Waals surface area contributed by atoms with Gasteiger partial charge in [-0.05, 0) is 14.0 Å². The van der Waals surface area contributed by atoms with Gasteiger partial charge in [-0.25, -0.2) is 8.78 Å². The SMILES string of the molecule is CC.CN1CCC(F)(F)C(C)(O)C1. The Morgan fingerprint density at radius 3 is 2.08 bits per heavy atom. The van der Waals surface area contributed by atoms with Gasteiger partial charge in [0.1, 0.15) is 5.60 Å². The smallest absolute Gasteiger partial charge is 0.278 e. The molecule has 1 fully saturated rings. The van der Waals surface area contributed by atoms with Crippen molar-refractivity contribution in [3.05, 3.63) is 0 Å². The zero-order chi connectivity index (χ0) is 10.7. The second kappa shape index (κ2) is 4.33. The molecule has 0 aromatic carbocycles. The number of alkyl halides is 2. The van der Waals surface area contributed by atoms with E-state index in [0.29, 0.717) is 6.54 Å². The standard InChI is InChI=1S/C7H13F2NO.C2H6/c1-6(11)5-10(2)4-3-7(6,8)9;1-2/h11H,3-5H2,1-2H3;1-2H3. The predicted octanol–water partition coefficient (Wildman–Crippen LogP) is 1.73. The largest absolute Gasteiger partial charge is 0.383 e. The molecule has 1 heterocycles. The van der Waals surface area contributed by atoms with Gasteiger partial charge in [0.15, 0.2) is 0 Å². The highest BCUT2D eigenvalue weighted by Crippen LogP contribution is 2.35. The molecule has 0 spiro atoms. The molecule has 13 heavy (non-hydrogen) atoms. The molecule has 2 nitrogen and oxygen atoms in total. The van der Waals surface area contributed by atoms with Crippen LogP contribution in [-0.2, 0) is 0 Å². The zero-order valence-corrected chi connectivity index (χ0v) is 8.77. The Balaban J connectivity index is 0.000000671. The summed E-state index contributed by atoms with van der Waals surface area (Å²) in [4.78, 5) is 1.71. The van der Waals surface area contributed by atoms with E-state index in [1.165, 1.54) is 6.92 Å². The molecule has 0 aromatic heterocycles. The van der Waals surface area contributed by atoms with Gasteiger partial charge in [0.2, 0.25) is 0 Å². The molecule has 0 saturated carbocycles. The van der Waals surface area contributed by atoms with Crippen LogP contribution < -0.4 is 0 Å². The number of likely N-dealkylation sites (tertiary alicyclic amines) is 1. The number of halogens is 2. The van der Waals surface area contributed by atoms with Crippen LogP contribution in [0.2, 0.25) is 0 Å². The van der Waals surface area contributed by atoms with Gasteiger partial charge >= 0.3 is 0 Å². The van der Waals surface area contributed by atoms with Crippen molar-refractivity contribution in [1.29, 1.82) is 0 Å². The lowest BCUT2D eigenvalue weighted by Gasteiger charge is -2.40. The molecule has 0 radical (unpaired) electrons. The molecule has 1 aliphatic heterocycles. The molecule has 0 bridgehead atoms. The third kappa shape index (κ3) is 2.88. The summed E-state index contributed by atoms with van der Waals surface area (Å²) < 4.78 is 25.8. The number of rotatable bonds is 0. The lowest BCUT2D eigenvalue weighted by Crippen LogP contribution is -2.58. The van der Waals surface area contributed by atoms with Crippen molar-refractivity contribution in [3.8, 4) is 0 Å². The molecule has 1 unspecified atom stereocenters. The number of likely N-dealkylation sites (N-methyl/N-ethyl adjacent to an activating group) is 1. The lowest BCUT2D eigenvalue weighted by molar-refractivity contribution is -0.203. The molecule has 4 heteroatoms. The summed E-state index contributed by atoms with van der Waals surface area (Å²) in [5, 5.41) is 9.28. The Labute approximate surface area is 78.5 Å². The molecular weight excluding hydrogens is 176 g/mol. The van der Waals surface area contributed by atoms with Crippen molar-refractivity contribution in [2.24, 2.45) is 0 Å². The van der Waals surface area contributed by atoms with Gasteiger partial charge in [0.25, 0.3) is 5.92 Å². The summed E-state index contributed by atoms with van der Waals surface area (Å²) in [6.45, 7) is 5.58. The lowest BCUT2D eigenvalue weighted by atomic mass is 9.91. The molecule has 80 valence electrons. The molecule has 1 saturated heterocycles. The van der Waals surface area contributed by atoms with Gasteiger partial charge in [-0.2, -0.15) is 0 Å². The van der Waals surface area contributed by atoms with Crippen molar-refractivity contribution in [2.45, 2.75) is 38.7 Å². The number of aliphatic hydroxyl groups is 1. The van der Waals surface area contributed by atoms with Crippen molar-refractivity contribution < 1.29 is 13.9 Å². The van der Waals surface area contributed by atoms with Crippen LogP contribution in [0.5, 0.6) is 0 Å². The van der Waals surface area contributed by atoms with Gasteiger partial charge in [0.05, 0.1) is 0 Å². The van der Waals surface area contributed by atoms with Crippen LogP contribution in [0.25, 0.3) is 0 Å². The number of piperidine rings is 1. The number of β-amino-alcohol motifs (C(OH)–C–C–N with tert-alkyl or cyclic N) is 1. The average Bonchev–Trinajstić information content (AvgIpc) is 2.02. The third-order valence-electron chi connectivity index (χ3n) is 2.17. The van der Waals surface area contributed by atoms with Crippen LogP contribution in [-0.4, -0.2) is 41.7 Å². The Bertz CT molecular complexity index is 160. The van der Waals surface area contributed by atoms with Crippen molar-refractivity contribution in [2.75, 3.05) is 20.1 Å².